The van der Waals surface area contributed by atoms with Crippen LogP contribution >= 0.6 is 0 Å². The van der Waals surface area contributed by atoms with Crippen LogP contribution in [0.2, 0.25) is 0 Å². The van der Waals surface area contributed by atoms with Crippen molar-refractivity contribution in [2.45, 2.75) is 44.1 Å². The summed E-state index contributed by atoms with van der Waals surface area (Å²) in [6, 6.07) is 0. The zero-order valence-electron chi connectivity index (χ0n) is 7.92. The third kappa shape index (κ3) is 1.38. The summed E-state index contributed by atoms with van der Waals surface area (Å²) in [6.07, 6.45) is 8.22. The lowest BCUT2D eigenvalue weighted by atomic mass is 9.83. The maximum atomic E-state index is 11.2. The number of rotatable bonds is 1. The third-order valence-electron chi connectivity index (χ3n) is 3.37. The molecule has 2 aliphatic rings. The summed E-state index contributed by atoms with van der Waals surface area (Å²) in [7, 11) is 0. The van der Waals surface area contributed by atoms with Crippen LogP contribution in [0.3, 0.4) is 0 Å². The summed E-state index contributed by atoms with van der Waals surface area (Å²) < 4.78 is 5.43. The smallest absolute Gasteiger partial charge is 0.307 e. The molecule has 13 heavy (non-hydrogen) atoms. The van der Waals surface area contributed by atoms with Crippen LogP contribution in [0.25, 0.3) is 0 Å². The Kier molecular flexibility index (Phi) is 2.14. The van der Waals surface area contributed by atoms with Gasteiger partial charge in [-0.2, -0.15) is 0 Å². The minimum absolute atomic E-state index is 0.0354. The van der Waals surface area contributed by atoms with Crippen LogP contribution in [0.4, 0.5) is 0 Å². The first kappa shape index (κ1) is 8.79. The highest BCUT2D eigenvalue weighted by Gasteiger charge is 2.46. The van der Waals surface area contributed by atoms with E-state index in [0.29, 0.717) is 12.3 Å². The maximum Gasteiger partial charge on any atom is 0.307 e. The minimum atomic E-state index is -0.298. The highest BCUT2D eigenvalue weighted by atomic mass is 16.6. The summed E-state index contributed by atoms with van der Waals surface area (Å²) >= 11 is 0. The molecule has 1 heterocycles. The van der Waals surface area contributed by atoms with E-state index in [2.05, 4.69) is 6.58 Å². The van der Waals surface area contributed by atoms with Gasteiger partial charge < -0.3 is 4.74 Å². The van der Waals surface area contributed by atoms with Gasteiger partial charge in [-0.25, -0.2) is 0 Å². The van der Waals surface area contributed by atoms with E-state index in [1.807, 2.05) is 6.08 Å². The van der Waals surface area contributed by atoms with E-state index in [9.17, 15) is 4.79 Å². The Morgan fingerprint density at radius 3 is 3.08 bits per heavy atom. The molecule has 2 heteroatoms. The summed E-state index contributed by atoms with van der Waals surface area (Å²) in [4.78, 5) is 11.2. The molecule has 2 rings (SSSR count). The monoisotopic (exact) mass is 180 g/mol. The van der Waals surface area contributed by atoms with Gasteiger partial charge in [0.05, 0.1) is 6.42 Å². The number of carbonyl (C=O) groups excluding carboxylic acids is 1. The van der Waals surface area contributed by atoms with Crippen molar-refractivity contribution in [3.63, 3.8) is 0 Å². The highest BCUT2D eigenvalue weighted by molar-refractivity contribution is 5.73. The van der Waals surface area contributed by atoms with Crippen molar-refractivity contribution in [3.05, 3.63) is 12.7 Å². The summed E-state index contributed by atoms with van der Waals surface area (Å²) in [5, 5.41) is 0. The van der Waals surface area contributed by atoms with Crippen molar-refractivity contribution in [2.24, 2.45) is 5.92 Å². The average molecular weight is 180 g/mol. The van der Waals surface area contributed by atoms with Gasteiger partial charge in [-0.15, -0.1) is 0 Å². The van der Waals surface area contributed by atoms with E-state index >= 15 is 0 Å². The molecule has 2 fully saturated rings. The molecule has 0 aromatic carbocycles. The second-order valence-corrected chi connectivity index (χ2v) is 4.13. The standard InChI is InChI=1S/C11H16O2/c1-2-11-7-5-3-4-6-9(11)8-10(12)13-11/h2,9H,1,3-8H2/t9-,11-/m1/s1. The van der Waals surface area contributed by atoms with Gasteiger partial charge in [0, 0.05) is 5.92 Å². The van der Waals surface area contributed by atoms with Gasteiger partial charge in [0.25, 0.3) is 0 Å². The predicted molar refractivity (Wildman–Crippen MR) is 50.2 cm³/mol. The molecular weight excluding hydrogens is 164 g/mol. The minimum Gasteiger partial charge on any atom is -0.454 e. The molecule has 1 saturated carbocycles. The topological polar surface area (TPSA) is 26.3 Å². The molecule has 2 nitrogen and oxygen atoms in total. The largest absolute Gasteiger partial charge is 0.454 e. The van der Waals surface area contributed by atoms with Crippen LogP contribution < -0.4 is 0 Å². The Bertz CT molecular complexity index is 234. The predicted octanol–water partition coefficient (Wildman–Crippen LogP) is 2.44. The second-order valence-electron chi connectivity index (χ2n) is 4.13. The molecule has 0 aromatic rings. The molecule has 72 valence electrons. The fourth-order valence-corrected chi connectivity index (χ4v) is 2.59. The Morgan fingerprint density at radius 1 is 1.46 bits per heavy atom. The molecule has 0 radical (unpaired) electrons. The molecule has 0 spiro atoms. The van der Waals surface area contributed by atoms with Gasteiger partial charge >= 0.3 is 5.97 Å². The Labute approximate surface area is 79.0 Å². The molecule has 2 atom stereocenters. The zero-order valence-corrected chi connectivity index (χ0v) is 7.92. The molecule has 0 N–H and O–H groups in total. The molecule has 0 amide bonds. The van der Waals surface area contributed by atoms with Crippen LogP contribution in [0.15, 0.2) is 12.7 Å². The Hall–Kier alpha value is -0.790. The third-order valence-corrected chi connectivity index (χ3v) is 3.37. The first-order chi connectivity index (χ1) is 6.27. The molecule has 1 aliphatic heterocycles. The first-order valence-electron chi connectivity index (χ1n) is 5.12. The van der Waals surface area contributed by atoms with Gasteiger partial charge in [-0.3, -0.25) is 4.79 Å². The van der Waals surface area contributed by atoms with Crippen molar-refractivity contribution in [3.8, 4) is 0 Å². The quantitative estimate of drug-likeness (QED) is 0.457. The SMILES string of the molecule is C=C[C@@]12CCCCC[C@@H]1CC(=O)O2. The zero-order chi connectivity index (χ0) is 9.31. The summed E-state index contributed by atoms with van der Waals surface area (Å²) in [5.74, 6) is 0.367. The number of hydrogen-bond acceptors (Lipinski definition) is 2. The number of hydrogen-bond donors (Lipinski definition) is 0. The number of carbonyl (C=O) groups is 1. The van der Waals surface area contributed by atoms with Gasteiger partial charge in [0.2, 0.25) is 0 Å². The van der Waals surface area contributed by atoms with Gasteiger partial charge in [0.1, 0.15) is 5.60 Å². The van der Waals surface area contributed by atoms with Gasteiger partial charge in [-0.1, -0.05) is 19.4 Å². The van der Waals surface area contributed by atoms with E-state index in [0.717, 1.165) is 19.3 Å². The molecule has 1 saturated heterocycles. The average Bonchev–Trinajstić information content (AvgIpc) is 2.30. The maximum absolute atomic E-state index is 11.2. The van der Waals surface area contributed by atoms with E-state index in [4.69, 9.17) is 4.74 Å². The van der Waals surface area contributed by atoms with E-state index in [-0.39, 0.29) is 11.6 Å². The number of esters is 1. The van der Waals surface area contributed by atoms with Crippen LogP contribution in [-0.4, -0.2) is 11.6 Å². The van der Waals surface area contributed by atoms with Crippen molar-refractivity contribution < 1.29 is 9.53 Å². The van der Waals surface area contributed by atoms with E-state index < -0.39 is 0 Å². The van der Waals surface area contributed by atoms with Crippen LogP contribution in [0.1, 0.15) is 38.5 Å². The van der Waals surface area contributed by atoms with Crippen LogP contribution in [-0.2, 0) is 9.53 Å². The molecule has 0 aromatic heterocycles. The van der Waals surface area contributed by atoms with Crippen molar-refractivity contribution >= 4 is 5.97 Å². The molecule has 1 aliphatic carbocycles. The molecule has 0 bridgehead atoms. The van der Waals surface area contributed by atoms with Crippen LogP contribution in [0, 0.1) is 5.92 Å². The van der Waals surface area contributed by atoms with Crippen molar-refractivity contribution in [2.75, 3.05) is 0 Å². The fraction of sp³-hybridized carbons (Fsp3) is 0.727. The summed E-state index contributed by atoms with van der Waals surface area (Å²) in [5.41, 5.74) is -0.298. The first-order valence-corrected chi connectivity index (χ1v) is 5.12. The lowest BCUT2D eigenvalue weighted by molar-refractivity contribution is -0.146. The molecular formula is C11H16O2. The van der Waals surface area contributed by atoms with Crippen LogP contribution in [0.5, 0.6) is 0 Å². The second kappa shape index (κ2) is 3.17. The van der Waals surface area contributed by atoms with Gasteiger partial charge in [0.15, 0.2) is 0 Å². The van der Waals surface area contributed by atoms with Crippen molar-refractivity contribution in [1.82, 2.24) is 0 Å². The van der Waals surface area contributed by atoms with Crippen molar-refractivity contribution in [1.29, 1.82) is 0 Å². The lowest BCUT2D eigenvalue weighted by Crippen LogP contribution is -2.31. The van der Waals surface area contributed by atoms with E-state index in [1.165, 1.54) is 12.8 Å². The Balaban J connectivity index is 2.23. The number of fused-ring (bicyclic) bond motifs is 1. The fourth-order valence-electron chi connectivity index (χ4n) is 2.59. The normalized spacial score (nSPS) is 39.1. The molecule has 0 unspecified atom stereocenters. The number of ether oxygens (including phenoxy) is 1. The summed E-state index contributed by atoms with van der Waals surface area (Å²) in [6.45, 7) is 3.82. The highest BCUT2D eigenvalue weighted by Crippen LogP contribution is 2.43. The van der Waals surface area contributed by atoms with E-state index in [1.54, 1.807) is 0 Å². The lowest BCUT2D eigenvalue weighted by Gasteiger charge is -2.28. The Morgan fingerprint density at radius 2 is 2.31 bits per heavy atom. The van der Waals surface area contributed by atoms with Gasteiger partial charge in [-0.05, 0) is 25.3 Å².